The van der Waals surface area contributed by atoms with Crippen LogP contribution in [0, 0.1) is 11.8 Å². The van der Waals surface area contributed by atoms with Gasteiger partial charge in [-0.2, -0.15) is 0 Å². The Labute approximate surface area is 120 Å². The van der Waals surface area contributed by atoms with Crippen LogP contribution in [-0.2, 0) is 0 Å². The first-order valence-corrected chi connectivity index (χ1v) is 8.03. The lowest BCUT2D eigenvalue weighted by Crippen LogP contribution is -2.47. The van der Waals surface area contributed by atoms with Crippen molar-refractivity contribution in [3.8, 4) is 0 Å². The molecule has 1 heterocycles. The van der Waals surface area contributed by atoms with E-state index >= 15 is 0 Å². The zero-order chi connectivity index (χ0) is 14.4. The zero-order valence-corrected chi connectivity index (χ0v) is 13.9. The van der Waals surface area contributed by atoms with Crippen LogP contribution in [0.2, 0.25) is 0 Å². The summed E-state index contributed by atoms with van der Waals surface area (Å²) in [4.78, 5) is 5.07. The third-order valence-electron chi connectivity index (χ3n) is 4.36. The van der Waals surface area contributed by atoms with E-state index in [1.54, 1.807) is 0 Å². The van der Waals surface area contributed by atoms with E-state index in [1.807, 2.05) is 0 Å². The van der Waals surface area contributed by atoms with Crippen molar-refractivity contribution in [3.63, 3.8) is 0 Å². The molecule has 0 aromatic rings. The number of nitrogens with zero attached hydrogens (tertiary/aromatic N) is 2. The van der Waals surface area contributed by atoms with Crippen LogP contribution < -0.4 is 5.32 Å². The van der Waals surface area contributed by atoms with Crippen molar-refractivity contribution >= 4 is 0 Å². The van der Waals surface area contributed by atoms with Gasteiger partial charge in [0.1, 0.15) is 0 Å². The second kappa shape index (κ2) is 8.23. The Kier molecular flexibility index (Phi) is 7.33. The summed E-state index contributed by atoms with van der Waals surface area (Å²) >= 11 is 0. The smallest absolute Gasteiger partial charge is 0.0226 e. The van der Waals surface area contributed by atoms with Crippen molar-refractivity contribution in [1.29, 1.82) is 0 Å². The Morgan fingerprint density at radius 1 is 1.16 bits per heavy atom. The molecule has 1 rings (SSSR count). The molecule has 19 heavy (non-hydrogen) atoms. The van der Waals surface area contributed by atoms with Gasteiger partial charge >= 0.3 is 0 Å². The van der Waals surface area contributed by atoms with Gasteiger partial charge in [0.05, 0.1) is 0 Å². The van der Waals surface area contributed by atoms with Crippen LogP contribution in [0.3, 0.4) is 0 Å². The van der Waals surface area contributed by atoms with Crippen LogP contribution in [0.15, 0.2) is 0 Å². The summed E-state index contributed by atoms with van der Waals surface area (Å²) in [7, 11) is 4.38. The molecule has 0 bridgehead atoms. The first-order chi connectivity index (χ1) is 8.91. The molecular formula is C16H35N3. The Bertz CT molecular complexity index is 240. The largest absolute Gasteiger partial charge is 0.316 e. The fourth-order valence-corrected chi connectivity index (χ4v) is 3.11. The van der Waals surface area contributed by atoms with E-state index in [0.717, 1.165) is 31.0 Å². The van der Waals surface area contributed by atoms with Crippen LogP contribution in [0.1, 0.15) is 40.5 Å². The minimum Gasteiger partial charge on any atom is -0.316 e. The summed E-state index contributed by atoms with van der Waals surface area (Å²) in [5.41, 5.74) is 0. The maximum atomic E-state index is 3.61. The molecule has 3 atom stereocenters. The van der Waals surface area contributed by atoms with Crippen molar-refractivity contribution < 1.29 is 0 Å². The molecule has 1 saturated heterocycles. The van der Waals surface area contributed by atoms with Gasteiger partial charge in [-0.05, 0) is 65.3 Å². The van der Waals surface area contributed by atoms with Gasteiger partial charge in [-0.15, -0.1) is 0 Å². The number of rotatable bonds is 8. The highest BCUT2D eigenvalue weighted by molar-refractivity contribution is 4.87. The van der Waals surface area contributed by atoms with Crippen molar-refractivity contribution in [1.82, 2.24) is 15.1 Å². The van der Waals surface area contributed by atoms with Crippen molar-refractivity contribution in [2.75, 3.05) is 40.3 Å². The maximum absolute atomic E-state index is 3.61. The number of nitrogens with one attached hydrogen (secondary N) is 1. The van der Waals surface area contributed by atoms with E-state index < -0.39 is 0 Å². The van der Waals surface area contributed by atoms with Gasteiger partial charge in [0, 0.05) is 18.6 Å². The summed E-state index contributed by atoms with van der Waals surface area (Å²) < 4.78 is 0. The molecule has 1 aliphatic rings. The van der Waals surface area contributed by atoms with E-state index in [1.165, 1.54) is 25.9 Å². The Balaban J connectivity index is 2.39. The molecule has 0 radical (unpaired) electrons. The quantitative estimate of drug-likeness (QED) is 0.729. The maximum Gasteiger partial charge on any atom is 0.0226 e. The molecule has 0 amide bonds. The first-order valence-electron chi connectivity index (χ1n) is 8.03. The fourth-order valence-electron chi connectivity index (χ4n) is 3.11. The highest BCUT2D eigenvalue weighted by Gasteiger charge is 2.30. The summed E-state index contributed by atoms with van der Waals surface area (Å²) in [6.45, 7) is 14.1. The zero-order valence-electron chi connectivity index (χ0n) is 13.9. The molecule has 3 unspecified atom stereocenters. The minimum atomic E-state index is 0.687. The predicted molar refractivity (Wildman–Crippen MR) is 84.6 cm³/mol. The highest BCUT2D eigenvalue weighted by Crippen LogP contribution is 2.23. The van der Waals surface area contributed by atoms with Crippen LogP contribution in [0.5, 0.6) is 0 Å². The van der Waals surface area contributed by atoms with Gasteiger partial charge in [-0.25, -0.2) is 0 Å². The van der Waals surface area contributed by atoms with Crippen molar-refractivity contribution in [2.24, 2.45) is 11.8 Å². The van der Waals surface area contributed by atoms with Crippen molar-refractivity contribution in [2.45, 2.75) is 52.6 Å². The van der Waals surface area contributed by atoms with Crippen LogP contribution in [-0.4, -0.2) is 62.2 Å². The van der Waals surface area contributed by atoms with Crippen molar-refractivity contribution in [3.05, 3.63) is 0 Å². The second-order valence-electron chi connectivity index (χ2n) is 7.07. The summed E-state index contributed by atoms with van der Waals surface area (Å²) in [5, 5.41) is 3.61. The number of hydrogen-bond acceptors (Lipinski definition) is 3. The lowest BCUT2D eigenvalue weighted by atomic mass is 10.0. The number of likely N-dealkylation sites (tertiary alicyclic amines) is 1. The Hall–Kier alpha value is -0.120. The first kappa shape index (κ1) is 16.9. The number of likely N-dealkylation sites (N-methyl/N-ethyl adjacent to an activating group) is 1. The summed E-state index contributed by atoms with van der Waals surface area (Å²) in [6, 6.07) is 1.45. The average Bonchev–Trinajstić information content (AvgIpc) is 2.74. The fraction of sp³-hybridized carbons (Fsp3) is 1.00. The molecule has 1 aliphatic heterocycles. The molecule has 0 aromatic carbocycles. The molecule has 1 N–H and O–H groups in total. The van der Waals surface area contributed by atoms with Gasteiger partial charge in [0.2, 0.25) is 0 Å². The molecule has 3 heteroatoms. The van der Waals surface area contributed by atoms with Gasteiger partial charge in [0.25, 0.3) is 0 Å². The molecule has 114 valence electrons. The molecular weight excluding hydrogens is 234 g/mol. The predicted octanol–water partition coefficient (Wildman–Crippen LogP) is 2.28. The standard InChI is InChI=1S/C16H35N3/c1-13(2)10-17-11-14(3)15(4)19-9-7-8-16(19)12-18(5)6/h13-17H,7-12H2,1-6H3. The molecule has 0 saturated carbocycles. The van der Waals surface area contributed by atoms with Crippen LogP contribution in [0.4, 0.5) is 0 Å². The van der Waals surface area contributed by atoms with Gasteiger partial charge in [0.15, 0.2) is 0 Å². The lowest BCUT2D eigenvalue weighted by Gasteiger charge is -2.36. The van der Waals surface area contributed by atoms with E-state index in [0.29, 0.717) is 6.04 Å². The summed E-state index contributed by atoms with van der Waals surface area (Å²) in [6.07, 6.45) is 2.74. The van der Waals surface area contributed by atoms with Gasteiger partial charge < -0.3 is 10.2 Å². The third-order valence-corrected chi connectivity index (χ3v) is 4.36. The molecule has 0 spiro atoms. The second-order valence-corrected chi connectivity index (χ2v) is 7.07. The molecule has 3 nitrogen and oxygen atoms in total. The molecule has 0 aliphatic carbocycles. The number of hydrogen-bond donors (Lipinski definition) is 1. The van der Waals surface area contributed by atoms with E-state index in [-0.39, 0.29) is 0 Å². The normalized spacial score (nSPS) is 24.3. The van der Waals surface area contributed by atoms with E-state index in [2.05, 4.69) is 56.9 Å². The Morgan fingerprint density at radius 3 is 2.42 bits per heavy atom. The van der Waals surface area contributed by atoms with Crippen LogP contribution in [0.25, 0.3) is 0 Å². The van der Waals surface area contributed by atoms with E-state index in [9.17, 15) is 0 Å². The highest BCUT2D eigenvalue weighted by atomic mass is 15.2. The third kappa shape index (κ3) is 5.80. The SMILES string of the molecule is CC(C)CNCC(C)C(C)N1CCCC1CN(C)C. The molecule has 0 aromatic heterocycles. The molecule has 1 fully saturated rings. The lowest BCUT2D eigenvalue weighted by molar-refractivity contribution is 0.125. The average molecular weight is 269 g/mol. The minimum absolute atomic E-state index is 0.687. The topological polar surface area (TPSA) is 18.5 Å². The monoisotopic (exact) mass is 269 g/mol. The van der Waals surface area contributed by atoms with Gasteiger partial charge in [-0.3, -0.25) is 4.90 Å². The summed E-state index contributed by atoms with van der Waals surface area (Å²) in [5.74, 6) is 1.47. The van der Waals surface area contributed by atoms with E-state index in [4.69, 9.17) is 0 Å². The van der Waals surface area contributed by atoms with Gasteiger partial charge in [-0.1, -0.05) is 20.8 Å². The van der Waals surface area contributed by atoms with Crippen LogP contribution >= 0.6 is 0 Å². The Morgan fingerprint density at radius 2 is 1.84 bits per heavy atom.